The topological polar surface area (TPSA) is 67.2 Å². The second-order valence-electron chi connectivity index (χ2n) is 7.79. The Hall–Kier alpha value is -1.36. The number of hydrogen-bond acceptors (Lipinski definition) is 3. The fourth-order valence-electron chi connectivity index (χ4n) is 2.89. The first kappa shape index (κ1) is 19.7. The lowest BCUT2D eigenvalue weighted by Gasteiger charge is -2.33. The third-order valence-electron chi connectivity index (χ3n) is 4.20. The summed E-state index contributed by atoms with van der Waals surface area (Å²) >= 11 is 0. The van der Waals surface area contributed by atoms with Crippen LogP contribution in [0.5, 0.6) is 0 Å². The van der Waals surface area contributed by atoms with Gasteiger partial charge in [-0.3, -0.25) is 9.48 Å². The number of aliphatic hydroxyl groups is 1. The number of carbonyl (C=O) groups excluding carboxylic acids is 1. The lowest BCUT2D eigenvalue weighted by molar-refractivity contribution is 0.0138. The molecule has 0 fully saturated rings. The Morgan fingerprint density at radius 2 is 1.96 bits per heavy atom. The minimum Gasteiger partial charge on any atom is -0.392 e. The van der Waals surface area contributed by atoms with Crippen LogP contribution in [0.2, 0.25) is 0 Å². The Balaban J connectivity index is 2.81. The Morgan fingerprint density at radius 1 is 1.35 bits per heavy atom. The Bertz CT molecular complexity index is 518. The molecule has 0 saturated heterocycles. The van der Waals surface area contributed by atoms with Gasteiger partial charge in [-0.25, -0.2) is 0 Å². The molecule has 1 atom stereocenters. The molecule has 0 spiro atoms. The lowest BCUT2D eigenvalue weighted by atomic mass is 9.80. The van der Waals surface area contributed by atoms with Crippen molar-refractivity contribution >= 4 is 5.91 Å². The van der Waals surface area contributed by atoms with E-state index in [0.29, 0.717) is 18.0 Å². The maximum atomic E-state index is 12.5. The molecular formula is C18H33N3O2. The van der Waals surface area contributed by atoms with Gasteiger partial charge in [0, 0.05) is 18.5 Å². The summed E-state index contributed by atoms with van der Waals surface area (Å²) in [6.07, 6.45) is 1.97. The number of rotatable bonds is 8. The third-order valence-corrected chi connectivity index (χ3v) is 4.20. The summed E-state index contributed by atoms with van der Waals surface area (Å²) in [5.74, 6) is 0.527. The molecule has 1 heterocycles. The molecule has 1 aromatic heterocycles. The van der Waals surface area contributed by atoms with Crippen molar-refractivity contribution in [2.75, 3.05) is 6.54 Å². The van der Waals surface area contributed by atoms with Gasteiger partial charge in [-0.2, -0.15) is 5.10 Å². The van der Waals surface area contributed by atoms with Crippen LogP contribution in [0.3, 0.4) is 0 Å². The van der Waals surface area contributed by atoms with Gasteiger partial charge >= 0.3 is 0 Å². The van der Waals surface area contributed by atoms with Crippen molar-refractivity contribution < 1.29 is 9.90 Å². The van der Waals surface area contributed by atoms with E-state index >= 15 is 0 Å². The van der Waals surface area contributed by atoms with Gasteiger partial charge in [0.2, 0.25) is 0 Å². The van der Waals surface area contributed by atoms with E-state index in [1.54, 1.807) is 6.20 Å². The maximum Gasteiger partial charge on any atom is 0.254 e. The van der Waals surface area contributed by atoms with Crippen LogP contribution in [0, 0.1) is 17.3 Å². The van der Waals surface area contributed by atoms with Crippen LogP contribution >= 0.6 is 0 Å². The zero-order valence-electron chi connectivity index (χ0n) is 15.7. The summed E-state index contributed by atoms with van der Waals surface area (Å²) in [5.41, 5.74) is 1.24. The van der Waals surface area contributed by atoms with Crippen LogP contribution in [0.15, 0.2) is 6.20 Å². The third kappa shape index (κ3) is 5.06. The number of carbonyl (C=O) groups is 1. The first-order valence-electron chi connectivity index (χ1n) is 8.61. The standard InChI is InChI=1S/C18H33N3O2/c1-8-15-14(9-20-21(15)10-12(2)3)17(23)19-11-18(6,7)16(22)13(4)5/h9,12-13,16,22H,8,10-11H2,1-7H3,(H,19,23). The molecule has 0 aromatic carbocycles. The van der Waals surface area contributed by atoms with Gasteiger partial charge in [-0.05, 0) is 18.3 Å². The number of aromatic nitrogens is 2. The van der Waals surface area contributed by atoms with Crippen molar-refractivity contribution in [2.24, 2.45) is 17.3 Å². The summed E-state index contributed by atoms with van der Waals surface area (Å²) < 4.78 is 1.92. The number of nitrogens with zero attached hydrogens (tertiary/aromatic N) is 2. The fraction of sp³-hybridized carbons (Fsp3) is 0.778. The van der Waals surface area contributed by atoms with Crippen molar-refractivity contribution in [1.82, 2.24) is 15.1 Å². The largest absolute Gasteiger partial charge is 0.392 e. The number of hydrogen-bond donors (Lipinski definition) is 2. The van der Waals surface area contributed by atoms with E-state index in [2.05, 4.69) is 24.3 Å². The van der Waals surface area contributed by atoms with Gasteiger partial charge in [-0.15, -0.1) is 0 Å². The molecular weight excluding hydrogens is 290 g/mol. The Morgan fingerprint density at radius 3 is 2.43 bits per heavy atom. The SMILES string of the molecule is CCc1c(C(=O)NCC(C)(C)C(O)C(C)C)cnn1CC(C)C. The smallest absolute Gasteiger partial charge is 0.254 e. The number of nitrogens with one attached hydrogen (secondary N) is 1. The average molecular weight is 323 g/mol. The molecule has 0 aliphatic rings. The van der Waals surface area contributed by atoms with E-state index in [9.17, 15) is 9.90 Å². The minimum atomic E-state index is -0.461. The van der Waals surface area contributed by atoms with Crippen LogP contribution in [-0.2, 0) is 13.0 Å². The normalized spacial score (nSPS) is 13.7. The number of amides is 1. The maximum absolute atomic E-state index is 12.5. The van der Waals surface area contributed by atoms with Gasteiger partial charge < -0.3 is 10.4 Å². The first-order chi connectivity index (χ1) is 10.6. The van der Waals surface area contributed by atoms with E-state index in [4.69, 9.17) is 0 Å². The summed E-state index contributed by atoms with van der Waals surface area (Å²) in [6.45, 7) is 15.5. The highest BCUT2D eigenvalue weighted by atomic mass is 16.3. The molecule has 0 aliphatic carbocycles. The molecule has 0 aliphatic heterocycles. The number of aliphatic hydroxyl groups excluding tert-OH is 1. The van der Waals surface area contributed by atoms with Crippen molar-refractivity contribution in [3.63, 3.8) is 0 Å². The Labute approximate surface area is 140 Å². The van der Waals surface area contributed by atoms with Crippen LogP contribution in [0.1, 0.15) is 64.5 Å². The molecule has 2 N–H and O–H groups in total. The molecule has 0 bridgehead atoms. The molecule has 1 rings (SSSR count). The fourth-order valence-corrected chi connectivity index (χ4v) is 2.89. The van der Waals surface area contributed by atoms with Gasteiger partial charge in [0.05, 0.1) is 23.6 Å². The highest BCUT2D eigenvalue weighted by Gasteiger charge is 2.31. The van der Waals surface area contributed by atoms with Crippen molar-refractivity contribution in [3.8, 4) is 0 Å². The van der Waals surface area contributed by atoms with Crippen molar-refractivity contribution in [1.29, 1.82) is 0 Å². The summed E-state index contributed by atoms with van der Waals surface area (Å²) in [7, 11) is 0. The van der Waals surface area contributed by atoms with Crippen LogP contribution < -0.4 is 5.32 Å². The van der Waals surface area contributed by atoms with Gasteiger partial charge in [0.15, 0.2) is 0 Å². The van der Waals surface area contributed by atoms with Gasteiger partial charge in [0.25, 0.3) is 5.91 Å². The van der Waals surface area contributed by atoms with E-state index in [-0.39, 0.29) is 17.2 Å². The zero-order valence-corrected chi connectivity index (χ0v) is 15.7. The van der Waals surface area contributed by atoms with Crippen molar-refractivity contribution in [3.05, 3.63) is 17.5 Å². The molecule has 0 radical (unpaired) electrons. The summed E-state index contributed by atoms with van der Waals surface area (Å²) in [6, 6.07) is 0. The predicted molar refractivity (Wildman–Crippen MR) is 93.4 cm³/mol. The van der Waals surface area contributed by atoms with Crippen molar-refractivity contribution in [2.45, 2.75) is 67.5 Å². The predicted octanol–water partition coefficient (Wildman–Crippen LogP) is 2.87. The van der Waals surface area contributed by atoms with Gasteiger partial charge in [-0.1, -0.05) is 48.5 Å². The highest BCUT2D eigenvalue weighted by Crippen LogP contribution is 2.25. The summed E-state index contributed by atoms with van der Waals surface area (Å²) in [4.78, 5) is 12.5. The van der Waals surface area contributed by atoms with E-state index in [1.807, 2.05) is 39.3 Å². The average Bonchev–Trinajstić information content (AvgIpc) is 2.85. The van der Waals surface area contributed by atoms with Gasteiger partial charge in [0.1, 0.15) is 0 Å². The van der Waals surface area contributed by atoms with Crippen LogP contribution in [-0.4, -0.2) is 33.4 Å². The molecule has 1 amide bonds. The molecule has 5 heteroatoms. The van der Waals surface area contributed by atoms with E-state index < -0.39 is 6.10 Å². The lowest BCUT2D eigenvalue weighted by Crippen LogP contribution is -2.43. The zero-order chi connectivity index (χ0) is 17.8. The molecule has 1 aromatic rings. The first-order valence-corrected chi connectivity index (χ1v) is 8.61. The van der Waals surface area contributed by atoms with Crippen LogP contribution in [0.4, 0.5) is 0 Å². The second kappa shape index (κ2) is 7.95. The highest BCUT2D eigenvalue weighted by molar-refractivity contribution is 5.95. The second-order valence-corrected chi connectivity index (χ2v) is 7.79. The Kier molecular flexibility index (Phi) is 6.81. The molecule has 0 saturated carbocycles. The molecule has 132 valence electrons. The molecule has 23 heavy (non-hydrogen) atoms. The minimum absolute atomic E-state index is 0.110. The van der Waals surface area contributed by atoms with E-state index in [0.717, 1.165) is 18.7 Å². The van der Waals surface area contributed by atoms with E-state index in [1.165, 1.54) is 0 Å². The quantitative estimate of drug-likeness (QED) is 0.773. The van der Waals surface area contributed by atoms with Crippen LogP contribution in [0.25, 0.3) is 0 Å². The molecule has 5 nitrogen and oxygen atoms in total. The summed E-state index contributed by atoms with van der Waals surface area (Å²) in [5, 5.41) is 17.6. The monoisotopic (exact) mass is 323 g/mol. The molecule has 1 unspecified atom stereocenters.